The molecule has 2 nitrogen and oxygen atoms in total. The fourth-order valence-corrected chi connectivity index (χ4v) is 7.94. The molecular formula is C30H56O2. The molecule has 0 radical (unpaired) electrons. The topological polar surface area (TPSA) is 29.5 Å². The number of unbranched alkanes of at least 4 members (excludes halogenated alkanes) is 1. The van der Waals surface area contributed by atoms with Crippen LogP contribution in [-0.2, 0) is 4.74 Å². The van der Waals surface area contributed by atoms with Gasteiger partial charge in [-0.3, -0.25) is 0 Å². The van der Waals surface area contributed by atoms with Gasteiger partial charge in [0, 0.05) is 13.2 Å². The van der Waals surface area contributed by atoms with E-state index in [0.717, 1.165) is 54.5 Å². The van der Waals surface area contributed by atoms with Crippen molar-refractivity contribution in [2.75, 3.05) is 13.2 Å². The molecule has 3 aliphatic rings. The van der Waals surface area contributed by atoms with Gasteiger partial charge in [0.15, 0.2) is 0 Å². The van der Waals surface area contributed by atoms with Crippen molar-refractivity contribution in [2.24, 2.45) is 41.4 Å². The molecule has 2 heteroatoms. The molecule has 0 aliphatic heterocycles. The van der Waals surface area contributed by atoms with Gasteiger partial charge in [-0.05, 0) is 99.2 Å². The molecule has 6 atom stereocenters. The minimum absolute atomic E-state index is 0.374. The van der Waals surface area contributed by atoms with Gasteiger partial charge in [0.05, 0.1) is 6.10 Å². The highest BCUT2D eigenvalue weighted by Gasteiger charge is 2.40. The van der Waals surface area contributed by atoms with Crippen molar-refractivity contribution in [1.82, 2.24) is 0 Å². The molecule has 188 valence electrons. The molecule has 0 amide bonds. The maximum absolute atomic E-state index is 9.23. The van der Waals surface area contributed by atoms with Crippen molar-refractivity contribution in [1.29, 1.82) is 0 Å². The summed E-state index contributed by atoms with van der Waals surface area (Å²) in [7, 11) is 0. The van der Waals surface area contributed by atoms with Crippen molar-refractivity contribution in [3.63, 3.8) is 0 Å². The second-order valence-corrected chi connectivity index (χ2v) is 12.0. The molecule has 0 spiro atoms. The van der Waals surface area contributed by atoms with Gasteiger partial charge in [0.25, 0.3) is 0 Å². The SMILES string of the molecule is CCCCC1CCC(COC2CCC(C3CCC(CCCO)CC3CC)C(CC)C2)CC1. The summed E-state index contributed by atoms with van der Waals surface area (Å²) < 4.78 is 6.60. The van der Waals surface area contributed by atoms with Gasteiger partial charge in [-0.1, -0.05) is 72.1 Å². The Hall–Kier alpha value is -0.0800. The Kier molecular flexibility index (Phi) is 11.9. The van der Waals surface area contributed by atoms with Crippen LogP contribution >= 0.6 is 0 Å². The Balaban J connectivity index is 1.42. The summed E-state index contributed by atoms with van der Waals surface area (Å²) in [5, 5.41) is 9.23. The van der Waals surface area contributed by atoms with Crippen molar-refractivity contribution >= 4 is 0 Å². The van der Waals surface area contributed by atoms with Crippen LogP contribution in [-0.4, -0.2) is 24.4 Å². The zero-order chi connectivity index (χ0) is 22.8. The van der Waals surface area contributed by atoms with Gasteiger partial charge in [-0.15, -0.1) is 0 Å². The fourth-order valence-electron chi connectivity index (χ4n) is 7.94. The lowest BCUT2D eigenvalue weighted by Crippen LogP contribution is -2.39. The summed E-state index contributed by atoms with van der Waals surface area (Å²) in [6.45, 7) is 8.60. The molecule has 0 bridgehead atoms. The Labute approximate surface area is 200 Å². The van der Waals surface area contributed by atoms with E-state index in [0.29, 0.717) is 12.7 Å². The van der Waals surface area contributed by atoms with Gasteiger partial charge in [-0.2, -0.15) is 0 Å². The molecular weight excluding hydrogens is 392 g/mol. The Morgan fingerprint density at radius 3 is 1.91 bits per heavy atom. The summed E-state index contributed by atoms with van der Waals surface area (Å²) in [6.07, 6.45) is 23.8. The summed E-state index contributed by atoms with van der Waals surface area (Å²) >= 11 is 0. The smallest absolute Gasteiger partial charge is 0.0578 e. The first kappa shape index (κ1) is 26.5. The first-order valence-electron chi connectivity index (χ1n) is 14.9. The Bertz CT molecular complexity index is 483. The lowest BCUT2D eigenvalue weighted by Gasteiger charge is -2.46. The van der Waals surface area contributed by atoms with Crippen molar-refractivity contribution in [3.05, 3.63) is 0 Å². The molecule has 0 saturated heterocycles. The third kappa shape index (κ3) is 7.72. The van der Waals surface area contributed by atoms with E-state index in [1.54, 1.807) is 0 Å². The summed E-state index contributed by atoms with van der Waals surface area (Å²) in [4.78, 5) is 0. The van der Waals surface area contributed by atoms with Crippen molar-refractivity contribution < 1.29 is 9.84 Å². The molecule has 1 N–H and O–H groups in total. The monoisotopic (exact) mass is 448 g/mol. The zero-order valence-electron chi connectivity index (χ0n) is 21.9. The first-order valence-corrected chi connectivity index (χ1v) is 14.9. The predicted octanol–water partition coefficient (Wildman–Crippen LogP) is 8.41. The van der Waals surface area contributed by atoms with Crippen molar-refractivity contribution in [3.8, 4) is 0 Å². The van der Waals surface area contributed by atoms with Crippen LogP contribution < -0.4 is 0 Å². The van der Waals surface area contributed by atoms with E-state index in [-0.39, 0.29) is 0 Å². The Morgan fingerprint density at radius 1 is 0.656 bits per heavy atom. The molecule has 3 aliphatic carbocycles. The summed E-state index contributed by atoms with van der Waals surface area (Å²) in [5.41, 5.74) is 0. The van der Waals surface area contributed by atoms with E-state index in [2.05, 4.69) is 20.8 Å². The molecule has 0 aromatic heterocycles. The lowest BCUT2D eigenvalue weighted by atomic mass is 9.60. The highest BCUT2D eigenvalue weighted by atomic mass is 16.5. The number of hydrogen-bond donors (Lipinski definition) is 1. The van der Waals surface area contributed by atoms with Gasteiger partial charge in [0.2, 0.25) is 0 Å². The van der Waals surface area contributed by atoms with Crippen LogP contribution in [0.15, 0.2) is 0 Å². The minimum atomic E-state index is 0.374. The van der Waals surface area contributed by atoms with Gasteiger partial charge in [0.1, 0.15) is 0 Å². The number of rotatable bonds is 12. The average molecular weight is 449 g/mol. The van der Waals surface area contributed by atoms with Crippen LogP contribution in [0.1, 0.15) is 130 Å². The van der Waals surface area contributed by atoms with E-state index >= 15 is 0 Å². The summed E-state index contributed by atoms with van der Waals surface area (Å²) in [6, 6.07) is 0. The van der Waals surface area contributed by atoms with Gasteiger partial charge < -0.3 is 9.84 Å². The standard InChI is InChI=1S/C30H56O2/c1-4-7-9-23-11-13-25(14-12-23)22-32-28-16-18-30(27(6-3)21-28)29-17-15-24(10-8-19-31)20-26(29)5-2/h23-31H,4-22H2,1-3H3. The number of aliphatic hydroxyl groups is 1. The van der Waals surface area contributed by atoms with Crippen molar-refractivity contribution in [2.45, 2.75) is 136 Å². The first-order chi connectivity index (χ1) is 15.7. The highest BCUT2D eigenvalue weighted by molar-refractivity contribution is 4.90. The van der Waals surface area contributed by atoms with Gasteiger partial charge >= 0.3 is 0 Å². The zero-order valence-corrected chi connectivity index (χ0v) is 21.9. The molecule has 0 heterocycles. The third-order valence-electron chi connectivity index (χ3n) is 10.0. The normalized spacial score (nSPS) is 38.6. The lowest BCUT2D eigenvalue weighted by molar-refractivity contribution is -0.0460. The molecule has 32 heavy (non-hydrogen) atoms. The second-order valence-electron chi connectivity index (χ2n) is 12.0. The molecule has 6 unspecified atom stereocenters. The quantitative estimate of drug-likeness (QED) is 0.325. The number of aliphatic hydroxyl groups excluding tert-OH is 1. The van der Waals surface area contributed by atoms with E-state index in [4.69, 9.17) is 4.74 Å². The van der Waals surface area contributed by atoms with E-state index < -0.39 is 0 Å². The maximum atomic E-state index is 9.23. The molecule has 0 aromatic carbocycles. The maximum Gasteiger partial charge on any atom is 0.0578 e. The van der Waals surface area contributed by atoms with E-state index in [9.17, 15) is 5.11 Å². The molecule has 3 rings (SSSR count). The fraction of sp³-hybridized carbons (Fsp3) is 1.00. The van der Waals surface area contributed by atoms with Crippen LogP contribution in [0.4, 0.5) is 0 Å². The summed E-state index contributed by atoms with van der Waals surface area (Å²) in [5.74, 6) is 6.42. The van der Waals surface area contributed by atoms with Crippen LogP contribution in [0.25, 0.3) is 0 Å². The molecule has 0 aromatic rings. The molecule has 3 saturated carbocycles. The predicted molar refractivity (Wildman–Crippen MR) is 137 cm³/mol. The number of ether oxygens (including phenoxy) is 1. The second kappa shape index (κ2) is 14.3. The highest BCUT2D eigenvalue weighted by Crippen LogP contribution is 2.48. The van der Waals surface area contributed by atoms with Gasteiger partial charge in [-0.25, -0.2) is 0 Å². The number of hydrogen-bond acceptors (Lipinski definition) is 2. The molecule has 3 fully saturated rings. The van der Waals surface area contributed by atoms with Crippen LogP contribution in [0.3, 0.4) is 0 Å². The van der Waals surface area contributed by atoms with Crippen LogP contribution in [0.5, 0.6) is 0 Å². The average Bonchev–Trinajstić information content (AvgIpc) is 2.85. The third-order valence-corrected chi connectivity index (χ3v) is 10.0. The largest absolute Gasteiger partial charge is 0.396 e. The van der Waals surface area contributed by atoms with E-state index in [1.807, 2.05) is 0 Å². The van der Waals surface area contributed by atoms with Crippen LogP contribution in [0, 0.1) is 41.4 Å². The van der Waals surface area contributed by atoms with Crippen LogP contribution in [0.2, 0.25) is 0 Å². The van der Waals surface area contributed by atoms with E-state index in [1.165, 1.54) is 103 Å². The minimum Gasteiger partial charge on any atom is -0.396 e. The Morgan fingerprint density at radius 2 is 1.25 bits per heavy atom.